The molecule has 1 heterocycles. The van der Waals surface area contributed by atoms with Gasteiger partial charge in [-0.25, -0.2) is 4.98 Å². The number of aromatic nitrogens is 1. The molecule has 0 saturated heterocycles. The molecule has 0 bridgehead atoms. The third-order valence-electron chi connectivity index (χ3n) is 2.34. The van der Waals surface area contributed by atoms with Crippen molar-refractivity contribution in [2.75, 3.05) is 5.32 Å². The van der Waals surface area contributed by atoms with Crippen LogP contribution in [0, 0.1) is 10.5 Å². The van der Waals surface area contributed by atoms with Gasteiger partial charge in [0.1, 0.15) is 5.82 Å². The average Bonchev–Trinajstić information content (AvgIpc) is 2.34. The first-order chi connectivity index (χ1) is 8.16. The van der Waals surface area contributed by atoms with Crippen molar-refractivity contribution in [1.82, 2.24) is 4.98 Å². The highest BCUT2D eigenvalue weighted by Gasteiger charge is 2.07. The van der Waals surface area contributed by atoms with Crippen LogP contribution in [0.25, 0.3) is 0 Å². The fraction of sp³-hybridized carbons (Fsp3) is 0.0769. The van der Waals surface area contributed by atoms with E-state index in [4.69, 9.17) is 0 Å². The predicted octanol–water partition coefficient (Wildman–Crippen LogP) is 3.25. The molecule has 1 N–H and O–H groups in total. The standard InChI is InChI=1S/C13H11IN2O/c1-9-5-6-10(8-11(9)14)13(17)16-12-4-2-3-7-15-12/h2-8H,1H3,(H,15,16,17). The zero-order valence-electron chi connectivity index (χ0n) is 9.27. The van der Waals surface area contributed by atoms with E-state index in [1.165, 1.54) is 5.56 Å². The summed E-state index contributed by atoms with van der Waals surface area (Å²) in [4.78, 5) is 16.0. The van der Waals surface area contributed by atoms with Crippen LogP contribution >= 0.6 is 22.6 Å². The van der Waals surface area contributed by atoms with E-state index in [-0.39, 0.29) is 5.91 Å². The van der Waals surface area contributed by atoms with Crippen LogP contribution in [0.5, 0.6) is 0 Å². The van der Waals surface area contributed by atoms with Crippen molar-refractivity contribution >= 4 is 34.3 Å². The van der Waals surface area contributed by atoms with E-state index in [0.717, 1.165) is 3.57 Å². The molecule has 86 valence electrons. The second-order valence-electron chi connectivity index (χ2n) is 3.63. The van der Waals surface area contributed by atoms with Gasteiger partial charge in [0, 0.05) is 15.3 Å². The summed E-state index contributed by atoms with van der Waals surface area (Å²) in [6, 6.07) is 11.0. The van der Waals surface area contributed by atoms with Crippen LogP contribution in [-0.2, 0) is 0 Å². The number of anilines is 1. The fourth-order valence-corrected chi connectivity index (χ4v) is 1.87. The van der Waals surface area contributed by atoms with Gasteiger partial charge in [-0.3, -0.25) is 4.79 Å². The molecule has 0 atom stereocenters. The second kappa shape index (κ2) is 5.27. The van der Waals surface area contributed by atoms with Crippen molar-refractivity contribution in [2.24, 2.45) is 0 Å². The quantitative estimate of drug-likeness (QED) is 0.854. The molecule has 4 heteroatoms. The summed E-state index contributed by atoms with van der Waals surface area (Å²) < 4.78 is 1.08. The van der Waals surface area contributed by atoms with Crippen LogP contribution in [0.2, 0.25) is 0 Å². The van der Waals surface area contributed by atoms with E-state index in [1.807, 2.05) is 37.3 Å². The highest BCUT2D eigenvalue weighted by atomic mass is 127. The largest absolute Gasteiger partial charge is 0.307 e. The number of carbonyl (C=O) groups excluding carboxylic acids is 1. The van der Waals surface area contributed by atoms with Crippen molar-refractivity contribution < 1.29 is 4.79 Å². The minimum Gasteiger partial charge on any atom is -0.307 e. The van der Waals surface area contributed by atoms with Gasteiger partial charge in [-0.15, -0.1) is 0 Å². The van der Waals surface area contributed by atoms with Gasteiger partial charge in [-0.1, -0.05) is 12.1 Å². The number of hydrogen-bond acceptors (Lipinski definition) is 2. The number of nitrogens with one attached hydrogen (secondary N) is 1. The summed E-state index contributed by atoms with van der Waals surface area (Å²) in [6.45, 7) is 2.02. The molecule has 0 fully saturated rings. The van der Waals surface area contributed by atoms with Gasteiger partial charge in [0.05, 0.1) is 0 Å². The number of nitrogens with zero attached hydrogens (tertiary/aromatic N) is 1. The van der Waals surface area contributed by atoms with Gasteiger partial charge in [0.25, 0.3) is 5.91 Å². The predicted molar refractivity (Wildman–Crippen MR) is 76.1 cm³/mol. The number of hydrogen-bond donors (Lipinski definition) is 1. The Morgan fingerprint density at radius 1 is 1.29 bits per heavy atom. The average molecular weight is 338 g/mol. The van der Waals surface area contributed by atoms with Crippen molar-refractivity contribution in [3.63, 3.8) is 0 Å². The van der Waals surface area contributed by atoms with Gasteiger partial charge in [-0.2, -0.15) is 0 Å². The fourth-order valence-electron chi connectivity index (χ4n) is 1.36. The topological polar surface area (TPSA) is 42.0 Å². The molecule has 0 radical (unpaired) electrons. The second-order valence-corrected chi connectivity index (χ2v) is 4.80. The van der Waals surface area contributed by atoms with Gasteiger partial charge in [-0.05, 0) is 59.3 Å². The van der Waals surface area contributed by atoms with E-state index in [0.29, 0.717) is 11.4 Å². The lowest BCUT2D eigenvalue weighted by molar-refractivity contribution is 0.102. The van der Waals surface area contributed by atoms with Crippen molar-refractivity contribution in [3.05, 3.63) is 57.3 Å². The zero-order valence-corrected chi connectivity index (χ0v) is 11.4. The van der Waals surface area contributed by atoms with Crippen LogP contribution in [0.15, 0.2) is 42.6 Å². The number of benzene rings is 1. The van der Waals surface area contributed by atoms with Crippen LogP contribution in [-0.4, -0.2) is 10.9 Å². The van der Waals surface area contributed by atoms with E-state index in [1.54, 1.807) is 12.3 Å². The van der Waals surface area contributed by atoms with Gasteiger partial charge in [0.15, 0.2) is 0 Å². The van der Waals surface area contributed by atoms with Gasteiger partial charge in [0.2, 0.25) is 0 Å². The lowest BCUT2D eigenvalue weighted by atomic mass is 10.1. The number of pyridine rings is 1. The molecule has 1 amide bonds. The summed E-state index contributed by atoms with van der Waals surface area (Å²) in [5.74, 6) is 0.426. The first kappa shape index (κ1) is 12.0. The minimum atomic E-state index is -0.137. The van der Waals surface area contributed by atoms with Crippen LogP contribution in [0.1, 0.15) is 15.9 Å². The lowest BCUT2D eigenvalue weighted by Crippen LogP contribution is -2.13. The Labute approximate surface area is 113 Å². The monoisotopic (exact) mass is 338 g/mol. The molecule has 0 unspecified atom stereocenters. The third kappa shape index (κ3) is 3.03. The first-order valence-corrected chi connectivity index (χ1v) is 6.23. The summed E-state index contributed by atoms with van der Waals surface area (Å²) in [7, 11) is 0. The molecule has 0 saturated carbocycles. The number of carbonyl (C=O) groups is 1. The summed E-state index contributed by atoms with van der Waals surface area (Å²) >= 11 is 2.22. The molecule has 0 aliphatic carbocycles. The summed E-state index contributed by atoms with van der Waals surface area (Å²) in [5, 5.41) is 2.75. The maximum absolute atomic E-state index is 11.9. The van der Waals surface area contributed by atoms with E-state index in [2.05, 4.69) is 32.9 Å². The highest BCUT2D eigenvalue weighted by Crippen LogP contribution is 2.14. The summed E-state index contributed by atoms with van der Waals surface area (Å²) in [6.07, 6.45) is 1.65. The molecular formula is C13H11IN2O. The minimum absolute atomic E-state index is 0.137. The Hall–Kier alpha value is -1.43. The lowest BCUT2D eigenvalue weighted by Gasteiger charge is -2.05. The zero-order chi connectivity index (χ0) is 12.3. The molecule has 2 rings (SSSR count). The maximum atomic E-state index is 11.9. The SMILES string of the molecule is Cc1ccc(C(=O)Nc2ccccn2)cc1I. The molecule has 0 aliphatic rings. The normalized spacial score (nSPS) is 10.0. The smallest absolute Gasteiger partial charge is 0.256 e. The Morgan fingerprint density at radius 2 is 2.12 bits per heavy atom. The molecular weight excluding hydrogens is 327 g/mol. The molecule has 17 heavy (non-hydrogen) atoms. The number of rotatable bonds is 2. The molecule has 1 aromatic carbocycles. The molecule has 1 aromatic heterocycles. The van der Waals surface area contributed by atoms with E-state index < -0.39 is 0 Å². The number of aryl methyl sites for hydroxylation is 1. The Morgan fingerprint density at radius 3 is 2.76 bits per heavy atom. The van der Waals surface area contributed by atoms with Crippen molar-refractivity contribution in [3.8, 4) is 0 Å². The van der Waals surface area contributed by atoms with Gasteiger partial charge < -0.3 is 5.32 Å². The van der Waals surface area contributed by atoms with E-state index >= 15 is 0 Å². The first-order valence-electron chi connectivity index (χ1n) is 5.15. The Bertz CT molecular complexity index is 540. The molecule has 3 nitrogen and oxygen atoms in total. The number of amides is 1. The number of halogens is 1. The third-order valence-corrected chi connectivity index (χ3v) is 3.50. The van der Waals surface area contributed by atoms with Crippen molar-refractivity contribution in [1.29, 1.82) is 0 Å². The van der Waals surface area contributed by atoms with Crippen LogP contribution < -0.4 is 5.32 Å². The van der Waals surface area contributed by atoms with Gasteiger partial charge >= 0.3 is 0 Å². The molecule has 2 aromatic rings. The Kier molecular flexibility index (Phi) is 3.73. The van der Waals surface area contributed by atoms with E-state index in [9.17, 15) is 4.79 Å². The van der Waals surface area contributed by atoms with Crippen LogP contribution in [0.3, 0.4) is 0 Å². The highest BCUT2D eigenvalue weighted by molar-refractivity contribution is 14.1. The van der Waals surface area contributed by atoms with Crippen LogP contribution in [0.4, 0.5) is 5.82 Å². The summed E-state index contributed by atoms with van der Waals surface area (Å²) in [5.41, 5.74) is 1.81. The van der Waals surface area contributed by atoms with Crippen molar-refractivity contribution in [2.45, 2.75) is 6.92 Å². The maximum Gasteiger partial charge on any atom is 0.256 e. The molecule has 0 aliphatic heterocycles. The molecule has 0 spiro atoms. The Balaban J connectivity index is 2.18.